The second-order valence-corrected chi connectivity index (χ2v) is 8.39. The maximum Gasteiger partial charge on any atom is 0.411 e. The number of hydrogen-bond donors (Lipinski definition) is 1. The summed E-state index contributed by atoms with van der Waals surface area (Å²) in [5, 5.41) is 10.3. The number of pyridine rings is 1. The maximum absolute atomic E-state index is 12.6. The highest BCUT2D eigenvalue weighted by atomic mass is 17.2. The number of benzene rings is 1. The van der Waals surface area contributed by atoms with Crippen LogP contribution >= 0.6 is 0 Å². The number of methoxy groups -OCH3 is 1. The Labute approximate surface area is 185 Å². The van der Waals surface area contributed by atoms with Gasteiger partial charge >= 0.3 is 12.1 Å². The quantitative estimate of drug-likeness (QED) is 0.503. The minimum atomic E-state index is -1.11. The Balaban J connectivity index is 1.88. The first-order valence-electron chi connectivity index (χ1n) is 10.1. The number of amides is 1. The molecule has 0 saturated carbocycles. The average molecular weight is 448 g/mol. The van der Waals surface area contributed by atoms with Crippen LogP contribution in [0.5, 0.6) is 11.5 Å². The van der Waals surface area contributed by atoms with Crippen molar-refractivity contribution in [3.63, 3.8) is 0 Å². The van der Waals surface area contributed by atoms with Crippen LogP contribution in [0.4, 0.5) is 4.79 Å². The molecule has 0 aliphatic carbocycles. The summed E-state index contributed by atoms with van der Waals surface area (Å²) in [6.45, 7) is 5.35. The fraction of sp³-hybridized carbons (Fsp3) is 0.500. The van der Waals surface area contributed by atoms with Crippen molar-refractivity contribution in [3.05, 3.63) is 30.0 Å². The smallest absolute Gasteiger partial charge is 0.411 e. The largest absolute Gasteiger partial charge is 0.497 e. The Morgan fingerprint density at radius 1 is 1.22 bits per heavy atom. The highest BCUT2D eigenvalue weighted by molar-refractivity contribution is 5.86. The van der Waals surface area contributed by atoms with Crippen LogP contribution in [0.15, 0.2) is 24.3 Å². The van der Waals surface area contributed by atoms with E-state index in [9.17, 15) is 14.7 Å². The third-order valence-electron chi connectivity index (χ3n) is 4.83. The molecule has 1 aromatic carbocycles. The molecule has 0 spiro atoms. The number of hydrogen-bond acceptors (Lipinski definition) is 8. The molecule has 1 unspecified atom stereocenters. The summed E-state index contributed by atoms with van der Waals surface area (Å²) in [5.74, 6) is 0.0108. The van der Waals surface area contributed by atoms with Gasteiger partial charge in [0.25, 0.3) is 0 Å². The molecule has 0 bridgehead atoms. The summed E-state index contributed by atoms with van der Waals surface area (Å²) in [4.78, 5) is 39.7. The third kappa shape index (κ3) is 5.57. The summed E-state index contributed by atoms with van der Waals surface area (Å²) in [6, 6.07) is 6.02. The van der Waals surface area contributed by atoms with Crippen LogP contribution in [0.25, 0.3) is 10.9 Å². The number of carbonyl (C=O) groups excluding carboxylic acids is 1. The maximum atomic E-state index is 12.6. The van der Waals surface area contributed by atoms with Gasteiger partial charge in [0.15, 0.2) is 0 Å². The lowest BCUT2D eigenvalue weighted by molar-refractivity contribution is -0.282. The van der Waals surface area contributed by atoms with E-state index in [4.69, 9.17) is 19.1 Å². The van der Waals surface area contributed by atoms with E-state index in [1.807, 2.05) is 6.07 Å². The summed E-state index contributed by atoms with van der Waals surface area (Å²) in [6.07, 6.45) is -1.11. The molecule has 0 radical (unpaired) electrons. The van der Waals surface area contributed by atoms with E-state index in [2.05, 4.69) is 9.87 Å². The summed E-state index contributed by atoms with van der Waals surface area (Å²) in [7, 11) is 2.96. The van der Waals surface area contributed by atoms with Gasteiger partial charge in [-0.2, -0.15) is 0 Å². The molecule has 10 heteroatoms. The number of aromatic nitrogens is 1. The molecular weight excluding hydrogens is 420 g/mol. The first kappa shape index (κ1) is 23.6. The highest BCUT2D eigenvalue weighted by Crippen LogP contribution is 2.32. The van der Waals surface area contributed by atoms with Gasteiger partial charge in [-0.05, 0) is 32.9 Å². The van der Waals surface area contributed by atoms with E-state index < -0.39 is 29.8 Å². The molecule has 2 atom stereocenters. The number of fused-ring (bicyclic) bond motifs is 1. The van der Waals surface area contributed by atoms with Crippen molar-refractivity contribution in [2.24, 2.45) is 0 Å². The van der Waals surface area contributed by atoms with E-state index in [0.29, 0.717) is 22.7 Å². The SMILES string of the molecule is COOCc1cc(OC2C[C@@H](C(=O)O)N(C(=O)OC(C)(C)C)C2)c2ccc(OC)cc2n1. The van der Waals surface area contributed by atoms with Gasteiger partial charge in [-0.25, -0.2) is 24.3 Å². The average Bonchev–Trinajstić information content (AvgIpc) is 3.15. The number of nitrogens with zero attached hydrogens (tertiary/aromatic N) is 2. The molecule has 32 heavy (non-hydrogen) atoms. The number of aliphatic carboxylic acids is 1. The second-order valence-electron chi connectivity index (χ2n) is 8.39. The first-order valence-corrected chi connectivity index (χ1v) is 10.1. The Kier molecular flexibility index (Phi) is 7.05. The van der Waals surface area contributed by atoms with Gasteiger partial charge in [0.05, 0.1) is 32.0 Å². The summed E-state index contributed by atoms with van der Waals surface area (Å²) >= 11 is 0. The molecule has 1 aromatic heterocycles. The predicted octanol–water partition coefficient (Wildman–Crippen LogP) is 3.16. The minimum Gasteiger partial charge on any atom is -0.497 e. The molecule has 10 nitrogen and oxygen atoms in total. The third-order valence-corrected chi connectivity index (χ3v) is 4.83. The zero-order valence-electron chi connectivity index (χ0n) is 18.8. The van der Waals surface area contributed by atoms with Crippen LogP contribution in [0.1, 0.15) is 32.9 Å². The molecule has 1 aliphatic heterocycles. The molecule has 1 N–H and O–H groups in total. The highest BCUT2D eigenvalue weighted by Gasteiger charge is 2.42. The zero-order chi connectivity index (χ0) is 23.5. The lowest BCUT2D eigenvalue weighted by Gasteiger charge is -2.26. The van der Waals surface area contributed by atoms with Gasteiger partial charge in [0.1, 0.15) is 35.9 Å². The lowest BCUT2D eigenvalue weighted by atomic mass is 10.1. The van der Waals surface area contributed by atoms with Crippen molar-refractivity contribution in [1.82, 2.24) is 9.88 Å². The number of carboxylic acids is 1. The first-order chi connectivity index (χ1) is 15.1. The predicted molar refractivity (Wildman–Crippen MR) is 113 cm³/mol. The van der Waals surface area contributed by atoms with E-state index in [1.165, 1.54) is 12.0 Å². The van der Waals surface area contributed by atoms with Gasteiger partial charge in [0, 0.05) is 23.9 Å². The van der Waals surface area contributed by atoms with Crippen LogP contribution in [0.3, 0.4) is 0 Å². The normalized spacial score (nSPS) is 18.6. The van der Waals surface area contributed by atoms with Crippen LogP contribution in [-0.2, 0) is 25.9 Å². The topological polar surface area (TPSA) is 117 Å². The summed E-state index contributed by atoms with van der Waals surface area (Å²) in [5.41, 5.74) is 0.433. The Bertz CT molecular complexity index is 988. The standard InChI is InChI=1S/C22H28N2O8/c1-22(2,3)32-21(27)24-11-15(10-18(24)20(25)26)31-19-8-13(12-30-29-5)23-17-9-14(28-4)6-7-16(17)19/h6-9,15,18H,10-12H2,1-5H3,(H,25,26)/t15?,18-/m0/s1. The molecule has 1 amide bonds. The van der Waals surface area contributed by atoms with Gasteiger partial charge < -0.3 is 19.3 Å². The van der Waals surface area contributed by atoms with Crippen molar-refractivity contribution in [1.29, 1.82) is 0 Å². The van der Waals surface area contributed by atoms with Crippen LogP contribution in [0.2, 0.25) is 0 Å². The van der Waals surface area contributed by atoms with Crippen LogP contribution in [0, 0.1) is 0 Å². The zero-order valence-corrected chi connectivity index (χ0v) is 18.8. The fourth-order valence-corrected chi connectivity index (χ4v) is 3.46. The lowest BCUT2D eigenvalue weighted by Crippen LogP contribution is -2.43. The van der Waals surface area contributed by atoms with Crippen LogP contribution < -0.4 is 9.47 Å². The molecule has 2 aromatic rings. The van der Waals surface area contributed by atoms with Crippen molar-refractivity contribution >= 4 is 23.0 Å². The van der Waals surface area contributed by atoms with E-state index >= 15 is 0 Å². The molecule has 2 heterocycles. The number of rotatable bonds is 7. The van der Waals surface area contributed by atoms with Gasteiger partial charge in [-0.3, -0.25) is 4.90 Å². The second kappa shape index (κ2) is 9.58. The Hall–Kier alpha value is -3.11. The van der Waals surface area contributed by atoms with Crippen molar-refractivity contribution in [2.45, 2.75) is 51.5 Å². The molecule has 1 fully saturated rings. The molecule has 3 rings (SSSR count). The van der Waals surface area contributed by atoms with Crippen molar-refractivity contribution in [3.8, 4) is 11.5 Å². The van der Waals surface area contributed by atoms with E-state index in [1.54, 1.807) is 46.1 Å². The fourth-order valence-electron chi connectivity index (χ4n) is 3.46. The van der Waals surface area contributed by atoms with E-state index in [0.717, 1.165) is 5.39 Å². The van der Waals surface area contributed by atoms with E-state index in [-0.39, 0.29) is 19.6 Å². The van der Waals surface area contributed by atoms with Gasteiger partial charge in [0.2, 0.25) is 0 Å². The van der Waals surface area contributed by atoms with Crippen molar-refractivity contribution < 1.29 is 38.7 Å². The summed E-state index contributed by atoms with van der Waals surface area (Å²) < 4.78 is 16.8. The molecule has 1 aliphatic rings. The number of carboxylic acid groups (broad SMARTS) is 1. The molecular formula is C22H28N2O8. The Morgan fingerprint density at radius 3 is 2.59 bits per heavy atom. The van der Waals surface area contributed by atoms with Crippen molar-refractivity contribution in [2.75, 3.05) is 20.8 Å². The minimum absolute atomic E-state index is 0.0791. The number of carbonyl (C=O) groups is 2. The monoisotopic (exact) mass is 448 g/mol. The Morgan fingerprint density at radius 2 is 1.97 bits per heavy atom. The molecule has 1 saturated heterocycles. The van der Waals surface area contributed by atoms with Crippen LogP contribution in [-0.4, -0.2) is 65.6 Å². The molecule has 174 valence electrons. The number of likely N-dealkylation sites (tertiary alicyclic amines) is 1. The van der Waals surface area contributed by atoms with Gasteiger partial charge in [-0.15, -0.1) is 0 Å². The number of ether oxygens (including phenoxy) is 3. The van der Waals surface area contributed by atoms with Gasteiger partial charge in [-0.1, -0.05) is 0 Å².